The first-order chi connectivity index (χ1) is 15.3. The number of esters is 1. The highest BCUT2D eigenvalue weighted by molar-refractivity contribution is 6.34. The van der Waals surface area contributed by atoms with E-state index in [1.54, 1.807) is 13.0 Å². The average molecular weight is 456 g/mol. The van der Waals surface area contributed by atoms with E-state index in [1.165, 1.54) is 37.5 Å². The quantitative estimate of drug-likeness (QED) is 0.422. The summed E-state index contributed by atoms with van der Waals surface area (Å²) in [6, 6.07) is 7.76. The minimum Gasteiger partial charge on any atom is -0.493 e. The molecule has 32 heavy (non-hydrogen) atoms. The molecule has 1 N–H and O–H groups in total. The van der Waals surface area contributed by atoms with Gasteiger partial charge in [-0.05, 0) is 55.0 Å². The monoisotopic (exact) mass is 455 g/mol. The molecule has 2 aliphatic rings. The number of amides is 1. The molecule has 2 aromatic carbocycles. The molecular formula is C22H15ClFN3O5. The second-order valence-corrected chi connectivity index (χ2v) is 7.16. The molecular weight excluding hydrogens is 441 g/mol. The Morgan fingerprint density at radius 1 is 1.28 bits per heavy atom. The van der Waals surface area contributed by atoms with Crippen molar-refractivity contribution in [2.24, 2.45) is 4.99 Å². The van der Waals surface area contributed by atoms with Crippen LogP contribution in [0.15, 0.2) is 58.8 Å². The molecule has 0 fully saturated rings. The van der Waals surface area contributed by atoms with Crippen molar-refractivity contribution in [1.29, 1.82) is 5.41 Å². The van der Waals surface area contributed by atoms with Crippen molar-refractivity contribution in [3.63, 3.8) is 0 Å². The molecule has 0 spiro atoms. The Labute approximate surface area is 186 Å². The number of nitrogens with one attached hydrogen (secondary N) is 1. The van der Waals surface area contributed by atoms with Crippen LogP contribution in [0.4, 0.5) is 4.39 Å². The van der Waals surface area contributed by atoms with Crippen LogP contribution in [0.3, 0.4) is 0 Å². The first-order valence-corrected chi connectivity index (χ1v) is 9.60. The lowest BCUT2D eigenvalue weighted by molar-refractivity contribution is -0.114. The molecule has 0 radical (unpaired) electrons. The molecule has 0 unspecified atom stereocenters. The first-order valence-electron chi connectivity index (χ1n) is 9.22. The topological polar surface area (TPSA) is 101 Å². The summed E-state index contributed by atoms with van der Waals surface area (Å²) < 4.78 is 23.7. The van der Waals surface area contributed by atoms with Crippen LogP contribution in [0, 0.1) is 11.2 Å². The number of benzene rings is 2. The number of carbonyl (C=O) groups is 2. The summed E-state index contributed by atoms with van der Waals surface area (Å²) in [5.41, 5.74) is 0.509. The van der Waals surface area contributed by atoms with Gasteiger partial charge in [0.05, 0.1) is 23.3 Å². The van der Waals surface area contributed by atoms with Crippen LogP contribution in [0.25, 0.3) is 6.08 Å². The lowest BCUT2D eigenvalue weighted by Gasteiger charge is -2.23. The Kier molecular flexibility index (Phi) is 5.50. The van der Waals surface area contributed by atoms with Gasteiger partial charge in [0, 0.05) is 6.08 Å². The Bertz CT molecular complexity index is 1250. The maximum absolute atomic E-state index is 13.1. The van der Waals surface area contributed by atoms with Crippen LogP contribution < -0.4 is 9.47 Å². The minimum absolute atomic E-state index is 0.0222. The normalized spacial score (nSPS) is 16.4. The van der Waals surface area contributed by atoms with Gasteiger partial charge in [-0.2, -0.15) is 4.99 Å². The van der Waals surface area contributed by atoms with Crippen molar-refractivity contribution in [2.75, 3.05) is 7.11 Å². The maximum atomic E-state index is 13.1. The van der Waals surface area contributed by atoms with E-state index in [4.69, 9.17) is 31.3 Å². The molecule has 0 aromatic heterocycles. The molecule has 2 aromatic rings. The van der Waals surface area contributed by atoms with Crippen molar-refractivity contribution in [3.05, 3.63) is 75.8 Å². The lowest BCUT2D eigenvalue weighted by Crippen LogP contribution is -2.38. The summed E-state index contributed by atoms with van der Waals surface area (Å²) in [6.07, 6.45) is 2.95. The highest BCUT2D eigenvalue weighted by Crippen LogP contribution is 2.38. The molecule has 0 bridgehead atoms. The Morgan fingerprint density at radius 3 is 2.69 bits per heavy atom. The molecule has 0 saturated heterocycles. The second-order valence-electron chi connectivity index (χ2n) is 6.75. The van der Waals surface area contributed by atoms with Gasteiger partial charge in [-0.25, -0.2) is 9.18 Å². The van der Waals surface area contributed by atoms with Crippen molar-refractivity contribution < 1.29 is 28.3 Å². The first kappa shape index (κ1) is 21.3. The van der Waals surface area contributed by atoms with Crippen LogP contribution in [-0.2, 0) is 9.63 Å². The number of hydrogen-bond acceptors (Lipinski definition) is 6. The molecule has 2 aliphatic heterocycles. The highest BCUT2D eigenvalue weighted by atomic mass is 35.5. The Morgan fingerprint density at radius 2 is 2.00 bits per heavy atom. The predicted octanol–water partition coefficient (Wildman–Crippen LogP) is 4.16. The van der Waals surface area contributed by atoms with Crippen molar-refractivity contribution in [2.45, 2.75) is 6.92 Å². The zero-order valence-electron chi connectivity index (χ0n) is 16.8. The van der Waals surface area contributed by atoms with Gasteiger partial charge in [0.25, 0.3) is 5.91 Å². The molecule has 162 valence electrons. The lowest BCUT2D eigenvalue weighted by atomic mass is 10.1. The summed E-state index contributed by atoms with van der Waals surface area (Å²) in [5.74, 6) is -1.23. The van der Waals surface area contributed by atoms with Crippen molar-refractivity contribution in [3.8, 4) is 11.5 Å². The number of nitrogens with zero attached hydrogens (tertiary/aromatic N) is 2. The van der Waals surface area contributed by atoms with Crippen LogP contribution in [0.1, 0.15) is 22.8 Å². The maximum Gasteiger partial charge on any atom is 0.343 e. The summed E-state index contributed by atoms with van der Waals surface area (Å²) >= 11 is 6.31. The van der Waals surface area contributed by atoms with Crippen molar-refractivity contribution >= 4 is 41.2 Å². The third-order valence-corrected chi connectivity index (χ3v) is 4.80. The molecule has 1 amide bonds. The number of methoxy groups -OCH3 is 1. The number of amidine groups is 2. The molecule has 0 aliphatic carbocycles. The van der Waals surface area contributed by atoms with Gasteiger partial charge in [0.15, 0.2) is 23.2 Å². The third-order valence-electron chi connectivity index (χ3n) is 4.52. The van der Waals surface area contributed by atoms with Gasteiger partial charge in [-0.1, -0.05) is 11.6 Å². The van der Waals surface area contributed by atoms with Crippen LogP contribution in [0.5, 0.6) is 11.5 Å². The third kappa shape index (κ3) is 3.97. The number of carbonyl (C=O) groups excluding carboxylic acids is 2. The average Bonchev–Trinajstić information content (AvgIpc) is 3.13. The van der Waals surface area contributed by atoms with E-state index < -0.39 is 17.7 Å². The fraction of sp³-hybridized carbons (Fsp3) is 0.0909. The smallest absolute Gasteiger partial charge is 0.343 e. The number of ether oxygens (including phenoxy) is 2. The van der Waals surface area contributed by atoms with E-state index in [9.17, 15) is 14.0 Å². The number of rotatable bonds is 4. The summed E-state index contributed by atoms with van der Waals surface area (Å²) in [4.78, 5) is 34.1. The van der Waals surface area contributed by atoms with E-state index in [2.05, 4.69) is 4.99 Å². The second kappa shape index (κ2) is 8.27. The number of halogens is 2. The predicted molar refractivity (Wildman–Crippen MR) is 114 cm³/mol. The molecule has 2 heterocycles. The fourth-order valence-electron chi connectivity index (χ4n) is 3.03. The number of hydroxylamine groups is 2. The van der Waals surface area contributed by atoms with Gasteiger partial charge in [0.2, 0.25) is 0 Å². The molecule has 4 rings (SSSR count). The van der Waals surface area contributed by atoms with Gasteiger partial charge < -0.3 is 14.3 Å². The Hall–Kier alpha value is -3.98. The standard InChI is InChI=1S/C22H15ClFN3O5/c1-11-7-18-26-21(28)15(20(25)27(18)32-11)8-12-9-16(23)19(17(10-12)30-2)31-22(29)13-3-5-14(24)6-4-13/h3-10,25H,1-2H3/b15-8+,25-20?. The van der Waals surface area contributed by atoms with Crippen LogP contribution in [0.2, 0.25) is 5.02 Å². The number of allylic oxidation sites excluding steroid dienone is 1. The SMILES string of the molecule is COc1cc(/C=C2\C(=N)N3OC(C)=CC3=NC2=O)cc(Cl)c1OC(=O)c1ccc(F)cc1. The van der Waals surface area contributed by atoms with E-state index in [-0.39, 0.29) is 39.3 Å². The van der Waals surface area contributed by atoms with E-state index in [0.717, 1.165) is 17.2 Å². The zero-order valence-corrected chi connectivity index (χ0v) is 17.6. The highest BCUT2D eigenvalue weighted by Gasteiger charge is 2.34. The fourth-order valence-corrected chi connectivity index (χ4v) is 3.28. The zero-order chi connectivity index (χ0) is 23.0. The number of hydrogen-bond donors (Lipinski definition) is 1. The Balaban J connectivity index is 1.64. The van der Waals surface area contributed by atoms with Gasteiger partial charge in [-0.15, -0.1) is 5.06 Å². The summed E-state index contributed by atoms with van der Waals surface area (Å²) in [7, 11) is 1.36. The summed E-state index contributed by atoms with van der Waals surface area (Å²) in [5, 5.41) is 9.45. The minimum atomic E-state index is -0.753. The van der Waals surface area contributed by atoms with Crippen molar-refractivity contribution in [1.82, 2.24) is 5.06 Å². The van der Waals surface area contributed by atoms with Gasteiger partial charge in [0.1, 0.15) is 11.6 Å². The van der Waals surface area contributed by atoms with Crippen LogP contribution in [-0.4, -0.2) is 35.7 Å². The molecule has 0 saturated carbocycles. The molecule has 10 heteroatoms. The summed E-state index contributed by atoms with van der Waals surface area (Å²) in [6.45, 7) is 1.68. The van der Waals surface area contributed by atoms with Crippen LogP contribution >= 0.6 is 11.6 Å². The van der Waals surface area contributed by atoms with Gasteiger partial charge >= 0.3 is 5.97 Å². The molecule has 0 atom stereocenters. The van der Waals surface area contributed by atoms with E-state index in [0.29, 0.717) is 11.3 Å². The largest absolute Gasteiger partial charge is 0.493 e. The number of fused-ring (bicyclic) bond motifs is 1. The molecule has 8 nitrogen and oxygen atoms in total. The van der Waals surface area contributed by atoms with Gasteiger partial charge in [-0.3, -0.25) is 10.2 Å². The van der Waals surface area contributed by atoms with E-state index >= 15 is 0 Å². The number of aliphatic imine (C=N–C) groups is 1. The van der Waals surface area contributed by atoms with E-state index in [1.807, 2.05) is 0 Å².